The fourth-order valence-corrected chi connectivity index (χ4v) is 4.19. The molecule has 0 bridgehead atoms. The molecule has 0 unspecified atom stereocenters. The molecule has 0 radical (unpaired) electrons. The van der Waals surface area contributed by atoms with E-state index in [0.29, 0.717) is 21.7 Å². The first-order valence-electron chi connectivity index (χ1n) is 7.91. The van der Waals surface area contributed by atoms with Crippen LogP contribution in [0.15, 0.2) is 24.3 Å². The van der Waals surface area contributed by atoms with Gasteiger partial charge in [-0.05, 0) is 49.1 Å². The smallest absolute Gasteiger partial charge is 0.337 e. The third-order valence-corrected chi connectivity index (χ3v) is 5.38. The van der Waals surface area contributed by atoms with Gasteiger partial charge in [-0.3, -0.25) is 9.59 Å². The number of carbonyl (C=O) groups is 3. The summed E-state index contributed by atoms with van der Waals surface area (Å²) in [6, 6.07) is 6.19. The number of thiophene rings is 1. The Kier molecular flexibility index (Phi) is 4.85. The lowest BCUT2D eigenvalue weighted by Gasteiger charge is -2.08. The van der Waals surface area contributed by atoms with Gasteiger partial charge in [0.2, 0.25) is 0 Å². The number of amides is 2. The van der Waals surface area contributed by atoms with E-state index in [2.05, 4.69) is 15.4 Å². The molecular formula is C18H18N2O4S. The van der Waals surface area contributed by atoms with Gasteiger partial charge < -0.3 is 15.4 Å². The van der Waals surface area contributed by atoms with Crippen molar-refractivity contribution in [3.63, 3.8) is 0 Å². The van der Waals surface area contributed by atoms with Gasteiger partial charge in [0.15, 0.2) is 0 Å². The van der Waals surface area contributed by atoms with E-state index in [9.17, 15) is 14.4 Å². The van der Waals surface area contributed by atoms with Crippen LogP contribution >= 0.6 is 11.3 Å². The van der Waals surface area contributed by atoms with E-state index >= 15 is 0 Å². The zero-order valence-electron chi connectivity index (χ0n) is 14.0. The van der Waals surface area contributed by atoms with E-state index in [-0.39, 0.29) is 11.8 Å². The third kappa shape index (κ3) is 3.28. The summed E-state index contributed by atoms with van der Waals surface area (Å²) in [6.45, 7) is 0. The number of ether oxygens (including phenoxy) is 1. The van der Waals surface area contributed by atoms with Gasteiger partial charge in [-0.15, -0.1) is 11.3 Å². The SMILES string of the molecule is CNC(=O)c1c(NC(=O)c2ccc(C(=O)OC)cc2)sc2c1CCC2. The summed E-state index contributed by atoms with van der Waals surface area (Å²) in [5.41, 5.74) is 2.39. The number of hydrogen-bond acceptors (Lipinski definition) is 5. The molecule has 1 aliphatic rings. The molecular weight excluding hydrogens is 340 g/mol. The Hall–Kier alpha value is -2.67. The number of aryl methyl sites for hydroxylation is 1. The van der Waals surface area contributed by atoms with Crippen LogP contribution in [0.2, 0.25) is 0 Å². The predicted molar refractivity (Wildman–Crippen MR) is 95.5 cm³/mol. The maximum atomic E-state index is 12.5. The molecule has 2 N–H and O–H groups in total. The second-order valence-electron chi connectivity index (χ2n) is 5.66. The Morgan fingerprint density at radius 2 is 1.72 bits per heavy atom. The van der Waals surface area contributed by atoms with Gasteiger partial charge in [0.25, 0.3) is 11.8 Å². The Labute approximate surface area is 149 Å². The minimum absolute atomic E-state index is 0.185. The molecule has 1 aliphatic carbocycles. The Bertz CT molecular complexity index is 840. The number of esters is 1. The van der Waals surface area contributed by atoms with Gasteiger partial charge >= 0.3 is 5.97 Å². The van der Waals surface area contributed by atoms with E-state index < -0.39 is 5.97 Å². The van der Waals surface area contributed by atoms with Crippen molar-refractivity contribution in [1.29, 1.82) is 0 Å². The summed E-state index contributed by atoms with van der Waals surface area (Å²) in [6.07, 6.45) is 2.83. The van der Waals surface area contributed by atoms with Gasteiger partial charge in [0.05, 0.1) is 18.2 Å². The summed E-state index contributed by atoms with van der Waals surface area (Å²) in [4.78, 5) is 37.3. The van der Waals surface area contributed by atoms with E-state index in [4.69, 9.17) is 0 Å². The average Bonchev–Trinajstić information content (AvgIpc) is 3.21. The normalized spacial score (nSPS) is 12.4. The molecule has 1 aromatic heterocycles. The molecule has 0 fully saturated rings. The Morgan fingerprint density at radius 1 is 1.04 bits per heavy atom. The molecule has 2 aromatic rings. The van der Waals surface area contributed by atoms with E-state index in [1.807, 2.05) is 0 Å². The van der Waals surface area contributed by atoms with Crippen molar-refractivity contribution in [2.24, 2.45) is 0 Å². The highest BCUT2D eigenvalue weighted by Gasteiger charge is 2.27. The molecule has 130 valence electrons. The van der Waals surface area contributed by atoms with Crippen LogP contribution in [0.3, 0.4) is 0 Å². The molecule has 0 saturated carbocycles. The Morgan fingerprint density at radius 3 is 2.36 bits per heavy atom. The number of anilines is 1. The van der Waals surface area contributed by atoms with Crippen LogP contribution in [0.1, 0.15) is 47.9 Å². The summed E-state index contributed by atoms with van der Waals surface area (Å²) < 4.78 is 4.64. The highest BCUT2D eigenvalue weighted by molar-refractivity contribution is 7.17. The minimum atomic E-state index is -0.455. The molecule has 1 aromatic carbocycles. The number of benzene rings is 1. The molecule has 0 saturated heterocycles. The maximum Gasteiger partial charge on any atom is 0.337 e. The van der Waals surface area contributed by atoms with Crippen molar-refractivity contribution >= 4 is 34.1 Å². The highest BCUT2D eigenvalue weighted by atomic mass is 32.1. The van der Waals surface area contributed by atoms with Crippen LogP contribution < -0.4 is 10.6 Å². The lowest BCUT2D eigenvalue weighted by molar-refractivity contribution is 0.0600. The third-order valence-electron chi connectivity index (χ3n) is 4.17. The van der Waals surface area contributed by atoms with Gasteiger partial charge in [-0.2, -0.15) is 0 Å². The molecule has 7 heteroatoms. The summed E-state index contributed by atoms with van der Waals surface area (Å²) >= 11 is 1.46. The fraction of sp³-hybridized carbons (Fsp3) is 0.278. The topological polar surface area (TPSA) is 84.5 Å². The molecule has 0 spiro atoms. The minimum Gasteiger partial charge on any atom is -0.465 e. The first-order chi connectivity index (χ1) is 12.0. The molecule has 1 heterocycles. The lowest BCUT2D eigenvalue weighted by atomic mass is 10.1. The standard InChI is InChI=1S/C18H18N2O4S/c1-19-16(22)14-12-4-3-5-13(12)25-17(14)20-15(21)10-6-8-11(9-7-10)18(23)24-2/h6-9H,3-5H2,1-2H3,(H,19,22)(H,20,21). The van der Waals surface area contributed by atoms with Gasteiger partial charge in [-0.1, -0.05) is 0 Å². The predicted octanol–water partition coefficient (Wildman–Crippen LogP) is 2.64. The first kappa shape index (κ1) is 17.2. The number of hydrogen-bond donors (Lipinski definition) is 2. The van der Waals surface area contributed by atoms with Crippen LogP contribution in [0.5, 0.6) is 0 Å². The van der Waals surface area contributed by atoms with Crippen LogP contribution in [0, 0.1) is 0 Å². The van der Waals surface area contributed by atoms with Crippen molar-refractivity contribution in [3.8, 4) is 0 Å². The molecule has 25 heavy (non-hydrogen) atoms. The first-order valence-corrected chi connectivity index (χ1v) is 8.73. The van der Waals surface area contributed by atoms with Crippen molar-refractivity contribution in [2.75, 3.05) is 19.5 Å². The molecule has 2 amide bonds. The van der Waals surface area contributed by atoms with E-state index in [1.165, 1.54) is 30.6 Å². The molecule has 0 atom stereocenters. The fourth-order valence-electron chi connectivity index (χ4n) is 2.91. The summed E-state index contributed by atoms with van der Waals surface area (Å²) in [5.74, 6) is -0.958. The van der Waals surface area contributed by atoms with E-state index in [1.54, 1.807) is 19.2 Å². The van der Waals surface area contributed by atoms with Crippen molar-refractivity contribution in [1.82, 2.24) is 5.32 Å². The molecule has 6 nitrogen and oxygen atoms in total. The van der Waals surface area contributed by atoms with Crippen LogP contribution in [0.4, 0.5) is 5.00 Å². The molecule has 3 rings (SSSR count). The largest absolute Gasteiger partial charge is 0.465 e. The van der Waals surface area contributed by atoms with Crippen LogP contribution in [-0.2, 0) is 17.6 Å². The zero-order chi connectivity index (χ0) is 18.0. The van der Waals surface area contributed by atoms with Crippen LogP contribution in [0.25, 0.3) is 0 Å². The van der Waals surface area contributed by atoms with Crippen molar-refractivity contribution < 1.29 is 19.1 Å². The average molecular weight is 358 g/mol. The van der Waals surface area contributed by atoms with E-state index in [0.717, 1.165) is 29.7 Å². The second-order valence-corrected chi connectivity index (χ2v) is 6.77. The number of nitrogens with one attached hydrogen (secondary N) is 2. The zero-order valence-corrected chi connectivity index (χ0v) is 14.8. The highest BCUT2D eigenvalue weighted by Crippen LogP contribution is 2.39. The number of methoxy groups -OCH3 is 1. The number of carbonyl (C=O) groups excluding carboxylic acids is 3. The number of rotatable bonds is 4. The Balaban J connectivity index is 1.84. The van der Waals surface area contributed by atoms with Gasteiger partial charge in [0, 0.05) is 17.5 Å². The second kappa shape index (κ2) is 7.06. The van der Waals surface area contributed by atoms with Gasteiger partial charge in [0.1, 0.15) is 5.00 Å². The van der Waals surface area contributed by atoms with Gasteiger partial charge in [-0.25, -0.2) is 4.79 Å². The molecule has 0 aliphatic heterocycles. The summed E-state index contributed by atoms with van der Waals surface area (Å²) in [5, 5.41) is 6.05. The van der Waals surface area contributed by atoms with Crippen LogP contribution in [-0.4, -0.2) is 31.9 Å². The number of fused-ring (bicyclic) bond motifs is 1. The van der Waals surface area contributed by atoms with Crippen molar-refractivity contribution in [2.45, 2.75) is 19.3 Å². The monoisotopic (exact) mass is 358 g/mol. The summed E-state index contributed by atoms with van der Waals surface area (Å²) in [7, 11) is 2.89. The quantitative estimate of drug-likeness (QED) is 0.823. The maximum absolute atomic E-state index is 12.5. The van der Waals surface area contributed by atoms with Crippen molar-refractivity contribution in [3.05, 3.63) is 51.4 Å². The lowest BCUT2D eigenvalue weighted by Crippen LogP contribution is -2.21.